The number of amides is 1. The Morgan fingerprint density at radius 3 is 0.886 bits per heavy atom. The first-order valence-electron chi connectivity index (χ1n) is 16.1. The first-order chi connectivity index (χ1) is 17.3. The van der Waals surface area contributed by atoms with Gasteiger partial charge in [-0.15, -0.1) is 0 Å². The van der Waals surface area contributed by atoms with E-state index < -0.39 is 0 Å². The maximum absolute atomic E-state index is 10.9. The molecule has 0 spiro atoms. The van der Waals surface area contributed by atoms with Gasteiger partial charge in [-0.05, 0) is 6.42 Å². The van der Waals surface area contributed by atoms with Crippen molar-refractivity contribution in [2.45, 2.75) is 187 Å². The molecule has 1 N–H and O–H groups in total. The lowest BCUT2D eigenvalue weighted by molar-refractivity contribution is 0.171. The third kappa shape index (κ3) is 31.2. The Bertz CT molecular complexity index is 399. The molecular weight excluding hydrogens is 430 g/mol. The van der Waals surface area contributed by atoms with Gasteiger partial charge in [0.05, 0.1) is 7.11 Å². The van der Waals surface area contributed by atoms with Gasteiger partial charge in [-0.25, -0.2) is 4.79 Å². The molecular formula is C32H65NO2. The molecule has 0 atom stereocenters. The van der Waals surface area contributed by atoms with E-state index in [9.17, 15) is 4.79 Å². The number of hydrogen-bond donors (Lipinski definition) is 1. The van der Waals surface area contributed by atoms with Crippen molar-refractivity contribution in [2.24, 2.45) is 0 Å². The third-order valence-corrected chi connectivity index (χ3v) is 7.49. The van der Waals surface area contributed by atoms with Gasteiger partial charge in [0.25, 0.3) is 0 Å². The zero-order chi connectivity index (χ0) is 25.5. The lowest BCUT2D eigenvalue weighted by Gasteiger charge is -2.05. The molecule has 0 aliphatic carbocycles. The third-order valence-electron chi connectivity index (χ3n) is 7.49. The number of carbonyl (C=O) groups excluding carboxylic acids is 1. The van der Waals surface area contributed by atoms with Gasteiger partial charge >= 0.3 is 6.09 Å². The van der Waals surface area contributed by atoms with Crippen molar-refractivity contribution in [1.82, 2.24) is 5.32 Å². The van der Waals surface area contributed by atoms with Crippen molar-refractivity contribution in [3.8, 4) is 0 Å². The molecule has 3 nitrogen and oxygen atoms in total. The second kappa shape index (κ2) is 31.3. The minimum Gasteiger partial charge on any atom is -0.453 e. The molecule has 0 fully saturated rings. The van der Waals surface area contributed by atoms with Crippen LogP contribution in [0.2, 0.25) is 0 Å². The quantitative estimate of drug-likeness (QED) is 0.105. The Kier molecular flexibility index (Phi) is 30.6. The summed E-state index contributed by atoms with van der Waals surface area (Å²) >= 11 is 0. The molecule has 0 aromatic rings. The summed E-state index contributed by atoms with van der Waals surface area (Å²) < 4.78 is 4.56. The molecule has 0 unspecified atom stereocenters. The molecule has 0 saturated heterocycles. The predicted molar refractivity (Wildman–Crippen MR) is 155 cm³/mol. The fraction of sp³-hybridized carbons (Fsp3) is 0.969. The molecule has 0 saturated carbocycles. The van der Waals surface area contributed by atoms with E-state index in [4.69, 9.17) is 0 Å². The number of nitrogens with one attached hydrogen (secondary N) is 1. The van der Waals surface area contributed by atoms with Crippen LogP contribution in [0, 0.1) is 0 Å². The maximum Gasteiger partial charge on any atom is 0.406 e. The van der Waals surface area contributed by atoms with Gasteiger partial charge in [-0.1, -0.05) is 180 Å². The van der Waals surface area contributed by atoms with E-state index in [1.165, 1.54) is 180 Å². The van der Waals surface area contributed by atoms with Gasteiger partial charge in [-0.3, -0.25) is 0 Å². The molecule has 0 aromatic carbocycles. The smallest absolute Gasteiger partial charge is 0.406 e. The second-order valence-electron chi connectivity index (χ2n) is 11.0. The summed E-state index contributed by atoms with van der Waals surface area (Å²) in [5.41, 5.74) is 0. The van der Waals surface area contributed by atoms with Gasteiger partial charge in [-0.2, -0.15) is 0 Å². The van der Waals surface area contributed by atoms with Crippen molar-refractivity contribution < 1.29 is 9.53 Å². The van der Waals surface area contributed by atoms with E-state index in [2.05, 4.69) is 17.0 Å². The van der Waals surface area contributed by atoms with Gasteiger partial charge in [0, 0.05) is 6.54 Å². The molecule has 210 valence electrons. The summed E-state index contributed by atoms with van der Waals surface area (Å²) in [4.78, 5) is 10.9. The lowest BCUT2D eigenvalue weighted by atomic mass is 10.0. The molecule has 0 rings (SSSR count). The van der Waals surface area contributed by atoms with Crippen molar-refractivity contribution in [1.29, 1.82) is 0 Å². The van der Waals surface area contributed by atoms with Crippen LogP contribution in [0.1, 0.15) is 187 Å². The Labute approximate surface area is 221 Å². The highest BCUT2D eigenvalue weighted by Gasteiger charge is 1.98. The van der Waals surface area contributed by atoms with E-state index >= 15 is 0 Å². The fourth-order valence-corrected chi connectivity index (χ4v) is 5.06. The molecule has 0 heterocycles. The van der Waals surface area contributed by atoms with Crippen molar-refractivity contribution in [2.75, 3.05) is 13.7 Å². The van der Waals surface area contributed by atoms with Crippen molar-refractivity contribution in [3.05, 3.63) is 0 Å². The average Bonchev–Trinajstić information content (AvgIpc) is 2.87. The van der Waals surface area contributed by atoms with Crippen LogP contribution in [0.3, 0.4) is 0 Å². The van der Waals surface area contributed by atoms with Crippen LogP contribution in [-0.4, -0.2) is 19.7 Å². The van der Waals surface area contributed by atoms with Crippen LogP contribution in [0.25, 0.3) is 0 Å². The average molecular weight is 496 g/mol. The normalized spacial score (nSPS) is 11.1. The summed E-state index contributed by atoms with van der Waals surface area (Å²) in [5, 5.41) is 2.74. The highest BCUT2D eigenvalue weighted by Crippen LogP contribution is 2.16. The molecule has 0 aliphatic rings. The minimum absolute atomic E-state index is 0.310. The van der Waals surface area contributed by atoms with Gasteiger partial charge in [0.1, 0.15) is 0 Å². The summed E-state index contributed by atoms with van der Waals surface area (Å²) in [6.07, 6.45) is 39.5. The number of ether oxygens (including phenoxy) is 1. The number of methoxy groups -OCH3 is 1. The summed E-state index contributed by atoms with van der Waals surface area (Å²) in [6, 6.07) is 0. The molecule has 1 amide bonds. The van der Waals surface area contributed by atoms with Crippen LogP contribution in [0.5, 0.6) is 0 Å². The second-order valence-corrected chi connectivity index (χ2v) is 11.0. The monoisotopic (exact) mass is 496 g/mol. The highest BCUT2D eigenvalue weighted by molar-refractivity contribution is 5.66. The summed E-state index contributed by atoms with van der Waals surface area (Å²) in [6.45, 7) is 3.04. The van der Waals surface area contributed by atoms with Gasteiger partial charge in [0.2, 0.25) is 0 Å². The minimum atomic E-state index is -0.310. The number of hydrogen-bond acceptors (Lipinski definition) is 2. The van der Waals surface area contributed by atoms with Gasteiger partial charge < -0.3 is 10.1 Å². The standard InChI is InChI=1S/C32H65NO2/c1-3-4-5-6-7-8-9-10-11-12-13-14-15-16-17-18-19-20-21-22-23-24-25-26-27-28-29-30-31-33-32(34)35-2/h3-31H2,1-2H3,(H,33,34). The van der Waals surface area contributed by atoms with Crippen LogP contribution in [0.15, 0.2) is 0 Å². The Hall–Kier alpha value is -0.730. The zero-order valence-electron chi connectivity index (χ0n) is 24.3. The lowest BCUT2D eigenvalue weighted by Crippen LogP contribution is -2.23. The zero-order valence-corrected chi connectivity index (χ0v) is 24.3. The Balaban J connectivity index is 3.02. The van der Waals surface area contributed by atoms with Crippen LogP contribution < -0.4 is 5.32 Å². The van der Waals surface area contributed by atoms with E-state index in [1.807, 2.05) is 0 Å². The number of rotatable bonds is 29. The highest BCUT2D eigenvalue weighted by atomic mass is 16.5. The number of alkyl carbamates (subject to hydrolysis) is 1. The predicted octanol–water partition coefficient (Wildman–Crippen LogP) is 11.3. The van der Waals surface area contributed by atoms with Crippen LogP contribution >= 0.6 is 0 Å². The molecule has 0 radical (unpaired) electrons. The largest absolute Gasteiger partial charge is 0.453 e. The molecule has 35 heavy (non-hydrogen) atoms. The fourth-order valence-electron chi connectivity index (χ4n) is 5.06. The topological polar surface area (TPSA) is 38.3 Å². The summed E-state index contributed by atoms with van der Waals surface area (Å²) in [7, 11) is 1.41. The molecule has 0 aliphatic heterocycles. The molecule has 0 aromatic heterocycles. The molecule has 3 heteroatoms. The van der Waals surface area contributed by atoms with E-state index in [0.717, 1.165) is 13.0 Å². The summed E-state index contributed by atoms with van der Waals surface area (Å²) in [5.74, 6) is 0. The van der Waals surface area contributed by atoms with Gasteiger partial charge in [0.15, 0.2) is 0 Å². The van der Waals surface area contributed by atoms with E-state index in [1.54, 1.807) is 0 Å². The van der Waals surface area contributed by atoms with E-state index in [0.29, 0.717) is 0 Å². The number of unbranched alkanes of at least 4 members (excludes halogenated alkanes) is 27. The first kappa shape index (κ1) is 34.3. The maximum atomic E-state index is 10.9. The van der Waals surface area contributed by atoms with Crippen LogP contribution in [0.4, 0.5) is 4.79 Å². The Morgan fingerprint density at radius 1 is 0.429 bits per heavy atom. The number of carbonyl (C=O) groups is 1. The Morgan fingerprint density at radius 2 is 0.657 bits per heavy atom. The van der Waals surface area contributed by atoms with E-state index in [-0.39, 0.29) is 6.09 Å². The first-order valence-corrected chi connectivity index (χ1v) is 16.1. The van der Waals surface area contributed by atoms with Crippen molar-refractivity contribution in [3.63, 3.8) is 0 Å². The van der Waals surface area contributed by atoms with Crippen LogP contribution in [-0.2, 0) is 4.74 Å². The van der Waals surface area contributed by atoms with Crippen molar-refractivity contribution >= 4 is 6.09 Å². The molecule has 0 bridgehead atoms. The SMILES string of the molecule is CCCCCCCCCCCCCCCCCCCCCCCCCCCCCCNC(=O)OC.